The lowest BCUT2D eigenvalue weighted by Crippen LogP contribution is -2.21. The van der Waals surface area contributed by atoms with E-state index in [1.54, 1.807) is 24.3 Å². The van der Waals surface area contributed by atoms with Crippen molar-refractivity contribution in [2.45, 2.75) is 20.8 Å². The average molecular weight is 312 g/mol. The molecule has 2 N–H and O–H groups in total. The van der Waals surface area contributed by atoms with Crippen LogP contribution >= 0.6 is 0 Å². The molecule has 0 bridgehead atoms. The Labute approximate surface area is 135 Å². The molecule has 0 saturated heterocycles. The van der Waals surface area contributed by atoms with E-state index in [-0.39, 0.29) is 18.4 Å². The lowest BCUT2D eigenvalue weighted by atomic mass is 10.1. The van der Waals surface area contributed by atoms with Gasteiger partial charge in [-0.25, -0.2) is 0 Å². The van der Waals surface area contributed by atoms with Crippen LogP contribution in [0.5, 0.6) is 5.75 Å². The molecule has 23 heavy (non-hydrogen) atoms. The number of carbonyl (C=O) groups is 2. The first-order valence-corrected chi connectivity index (χ1v) is 7.32. The van der Waals surface area contributed by atoms with Gasteiger partial charge >= 0.3 is 0 Å². The van der Waals surface area contributed by atoms with Gasteiger partial charge < -0.3 is 15.4 Å². The summed E-state index contributed by atoms with van der Waals surface area (Å²) in [4.78, 5) is 23.3. The number of nitrogens with one attached hydrogen (secondary N) is 2. The summed E-state index contributed by atoms with van der Waals surface area (Å²) in [6, 6.07) is 12.9. The highest BCUT2D eigenvalue weighted by Gasteiger charge is 2.09. The molecule has 0 unspecified atom stereocenters. The smallest absolute Gasteiger partial charge is 0.262 e. The average Bonchev–Trinajstić information content (AvgIpc) is 2.50. The van der Waals surface area contributed by atoms with Crippen molar-refractivity contribution < 1.29 is 14.3 Å². The first-order valence-electron chi connectivity index (χ1n) is 7.32. The van der Waals surface area contributed by atoms with Crippen LogP contribution in [0.1, 0.15) is 18.1 Å². The van der Waals surface area contributed by atoms with Gasteiger partial charge in [-0.1, -0.05) is 24.3 Å². The van der Waals surface area contributed by atoms with Crippen LogP contribution < -0.4 is 15.4 Å². The molecule has 2 amide bonds. The number of benzene rings is 2. The minimum Gasteiger partial charge on any atom is -0.483 e. The molecule has 0 radical (unpaired) electrons. The van der Waals surface area contributed by atoms with Gasteiger partial charge in [0.15, 0.2) is 6.61 Å². The highest BCUT2D eigenvalue weighted by atomic mass is 16.5. The molecule has 2 rings (SSSR count). The highest BCUT2D eigenvalue weighted by Crippen LogP contribution is 2.22. The summed E-state index contributed by atoms with van der Waals surface area (Å²) in [5, 5.41) is 5.42. The summed E-state index contributed by atoms with van der Waals surface area (Å²) < 4.78 is 5.57. The van der Waals surface area contributed by atoms with E-state index in [1.165, 1.54) is 6.92 Å². The Balaban J connectivity index is 2.00. The van der Waals surface area contributed by atoms with Crippen molar-refractivity contribution in [1.82, 2.24) is 0 Å². The van der Waals surface area contributed by atoms with E-state index in [0.717, 1.165) is 11.1 Å². The zero-order valence-corrected chi connectivity index (χ0v) is 13.5. The molecule has 0 fully saturated rings. The second-order valence-corrected chi connectivity index (χ2v) is 5.33. The third-order valence-electron chi connectivity index (χ3n) is 3.21. The van der Waals surface area contributed by atoms with Crippen LogP contribution in [0.25, 0.3) is 0 Å². The molecule has 0 aromatic heterocycles. The van der Waals surface area contributed by atoms with E-state index in [2.05, 4.69) is 10.6 Å². The van der Waals surface area contributed by atoms with E-state index in [4.69, 9.17) is 4.74 Å². The lowest BCUT2D eigenvalue weighted by molar-refractivity contribution is -0.118. The summed E-state index contributed by atoms with van der Waals surface area (Å²) >= 11 is 0. The summed E-state index contributed by atoms with van der Waals surface area (Å²) in [5.41, 5.74) is 3.14. The second kappa shape index (κ2) is 7.45. The van der Waals surface area contributed by atoms with Gasteiger partial charge in [-0.15, -0.1) is 0 Å². The van der Waals surface area contributed by atoms with E-state index in [0.29, 0.717) is 17.1 Å². The van der Waals surface area contributed by atoms with Crippen molar-refractivity contribution in [1.29, 1.82) is 0 Å². The van der Waals surface area contributed by atoms with Gasteiger partial charge in [0.25, 0.3) is 5.91 Å². The van der Waals surface area contributed by atoms with Crippen molar-refractivity contribution in [2.24, 2.45) is 0 Å². The second-order valence-electron chi connectivity index (χ2n) is 5.33. The molecule has 0 saturated carbocycles. The standard InChI is InChI=1S/C18H20N2O3/c1-12-8-9-13(2)17(10-12)23-11-18(22)20-16-7-5-4-6-15(16)19-14(3)21/h4-10H,11H2,1-3H3,(H,19,21)(H,20,22). The minimum atomic E-state index is -0.288. The van der Waals surface area contributed by atoms with Gasteiger partial charge in [-0.05, 0) is 43.2 Å². The van der Waals surface area contributed by atoms with Crippen molar-refractivity contribution in [3.05, 3.63) is 53.6 Å². The van der Waals surface area contributed by atoms with Gasteiger partial charge in [-0.2, -0.15) is 0 Å². The number of aryl methyl sites for hydroxylation is 2. The quantitative estimate of drug-likeness (QED) is 0.890. The molecule has 5 nitrogen and oxygen atoms in total. The zero-order valence-electron chi connectivity index (χ0n) is 13.5. The van der Waals surface area contributed by atoms with Crippen LogP contribution in [0.4, 0.5) is 11.4 Å². The maximum atomic E-state index is 12.1. The number of ether oxygens (including phenoxy) is 1. The minimum absolute atomic E-state index is 0.0985. The number of hydrogen-bond acceptors (Lipinski definition) is 3. The Kier molecular flexibility index (Phi) is 5.36. The number of carbonyl (C=O) groups excluding carboxylic acids is 2. The van der Waals surface area contributed by atoms with Crippen LogP contribution in [0, 0.1) is 13.8 Å². The molecule has 0 aliphatic carbocycles. The summed E-state index contributed by atoms with van der Waals surface area (Å²) in [7, 11) is 0. The Morgan fingerprint density at radius 2 is 1.65 bits per heavy atom. The lowest BCUT2D eigenvalue weighted by Gasteiger charge is -2.13. The Hall–Kier alpha value is -2.82. The predicted octanol–water partition coefficient (Wildman–Crippen LogP) is 3.28. The van der Waals surface area contributed by atoms with Crippen molar-refractivity contribution in [3.8, 4) is 5.75 Å². The van der Waals surface area contributed by atoms with Crippen molar-refractivity contribution in [2.75, 3.05) is 17.2 Å². The zero-order chi connectivity index (χ0) is 16.8. The molecule has 0 spiro atoms. The number of para-hydroxylation sites is 2. The number of anilines is 2. The predicted molar refractivity (Wildman–Crippen MR) is 90.8 cm³/mol. The van der Waals surface area contributed by atoms with Gasteiger partial charge in [-0.3, -0.25) is 9.59 Å². The first kappa shape index (κ1) is 16.5. The highest BCUT2D eigenvalue weighted by molar-refractivity contribution is 5.99. The molecule has 0 atom stereocenters. The maximum Gasteiger partial charge on any atom is 0.262 e. The van der Waals surface area contributed by atoms with Gasteiger partial charge in [0.1, 0.15) is 5.75 Å². The Morgan fingerprint density at radius 3 is 2.30 bits per heavy atom. The van der Waals surface area contributed by atoms with Crippen LogP contribution in [-0.2, 0) is 9.59 Å². The summed E-state index contributed by atoms with van der Waals surface area (Å²) in [6.07, 6.45) is 0. The molecule has 0 heterocycles. The molecule has 5 heteroatoms. The number of rotatable bonds is 5. The third-order valence-corrected chi connectivity index (χ3v) is 3.21. The number of amides is 2. The molecular weight excluding hydrogens is 292 g/mol. The van der Waals surface area contributed by atoms with Crippen LogP contribution in [0.2, 0.25) is 0 Å². The van der Waals surface area contributed by atoms with E-state index in [1.807, 2.05) is 32.0 Å². The first-order chi connectivity index (χ1) is 11.0. The van der Waals surface area contributed by atoms with Crippen LogP contribution in [0.15, 0.2) is 42.5 Å². The van der Waals surface area contributed by atoms with Crippen molar-refractivity contribution >= 4 is 23.2 Å². The van der Waals surface area contributed by atoms with Crippen molar-refractivity contribution in [3.63, 3.8) is 0 Å². The molecular formula is C18H20N2O3. The SMILES string of the molecule is CC(=O)Nc1ccccc1NC(=O)COc1cc(C)ccc1C. The number of hydrogen-bond donors (Lipinski definition) is 2. The summed E-state index contributed by atoms with van der Waals surface area (Å²) in [6.45, 7) is 5.22. The molecule has 0 aliphatic rings. The third kappa shape index (κ3) is 4.85. The van der Waals surface area contributed by atoms with Gasteiger partial charge in [0.05, 0.1) is 11.4 Å². The Morgan fingerprint density at radius 1 is 1.00 bits per heavy atom. The molecule has 2 aromatic carbocycles. The van der Waals surface area contributed by atoms with Gasteiger partial charge in [0, 0.05) is 6.92 Å². The van der Waals surface area contributed by atoms with E-state index < -0.39 is 0 Å². The molecule has 120 valence electrons. The fourth-order valence-electron chi connectivity index (χ4n) is 2.08. The fourth-order valence-corrected chi connectivity index (χ4v) is 2.08. The van der Waals surface area contributed by atoms with Crippen LogP contribution in [-0.4, -0.2) is 18.4 Å². The normalized spacial score (nSPS) is 10.0. The largest absolute Gasteiger partial charge is 0.483 e. The Bertz CT molecular complexity index is 726. The van der Waals surface area contributed by atoms with E-state index >= 15 is 0 Å². The van der Waals surface area contributed by atoms with Gasteiger partial charge in [0.2, 0.25) is 5.91 Å². The monoisotopic (exact) mass is 312 g/mol. The molecule has 0 aliphatic heterocycles. The van der Waals surface area contributed by atoms with Crippen LogP contribution in [0.3, 0.4) is 0 Å². The summed E-state index contributed by atoms with van der Waals surface area (Å²) in [5.74, 6) is 0.206. The topological polar surface area (TPSA) is 67.4 Å². The van der Waals surface area contributed by atoms with E-state index in [9.17, 15) is 9.59 Å². The maximum absolute atomic E-state index is 12.1. The molecule has 2 aromatic rings. The fraction of sp³-hybridized carbons (Fsp3) is 0.222.